The normalized spacial score (nSPS) is 10.2. The summed E-state index contributed by atoms with van der Waals surface area (Å²) in [5.41, 5.74) is 8.44. The van der Waals surface area contributed by atoms with E-state index in [0.717, 1.165) is 16.1 Å². The Bertz CT molecular complexity index is 564. The SMILES string of the molecule is CC(=O)Nc1nnc(-c2cc(N)ccc2C)s1. The molecule has 0 saturated carbocycles. The van der Waals surface area contributed by atoms with Gasteiger partial charge >= 0.3 is 0 Å². The topological polar surface area (TPSA) is 80.9 Å². The van der Waals surface area contributed by atoms with Crippen molar-refractivity contribution in [1.82, 2.24) is 10.2 Å². The van der Waals surface area contributed by atoms with Crippen molar-refractivity contribution in [2.24, 2.45) is 0 Å². The number of nitrogens with two attached hydrogens (primary N) is 1. The van der Waals surface area contributed by atoms with Crippen molar-refractivity contribution in [3.05, 3.63) is 23.8 Å². The molecule has 17 heavy (non-hydrogen) atoms. The molecule has 0 unspecified atom stereocenters. The maximum Gasteiger partial charge on any atom is 0.223 e. The molecule has 2 aromatic rings. The first kappa shape index (κ1) is 11.5. The molecule has 5 nitrogen and oxygen atoms in total. The Kier molecular flexibility index (Phi) is 3.06. The standard InChI is InChI=1S/C11H12N4OS/c1-6-3-4-8(12)5-9(6)10-14-15-11(17-10)13-7(2)16/h3-5H,12H2,1-2H3,(H,13,15,16). The molecule has 0 radical (unpaired) electrons. The summed E-state index contributed by atoms with van der Waals surface area (Å²) in [6, 6.07) is 5.63. The lowest BCUT2D eigenvalue weighted by molar-refractivity contribution is -0.114. The first-order chi connectivity index (χ1) is 8.06. The summed E-state index contributed by atoms with van der Waals surface area (Å²) in [5, 5.41) is 11.8. The molecule has 1 amide bonds. The zero-order valence-electron chi connectivity index (χ0n) is 9.52. The van der Waals surface area contributed by atoms with Gasteiger partial charge in [0.05, 0.1) is 0 Å². The number of carbonyl (C=O) groups excluding carboxylic acids is 1. The lowest BCUT2D eigenvalue weighted by atomic mass is 10.1. The number of aryl methyl sites for hydroxylation is 1. The maximum absolute atomic E-state index is 10.9. The van der Waals surface area contributed by atoms with Crippen molar-refractivity contribution in [3.63, 3.8) is 0 Å². The Morgan fingerprint density at radius 1 is 1.41 bits per heavy atom. The van der Waals surface area contributed by atoms with Crippen LogP contribution in [0.2, 0.25) is 0 Å². The first-order valence-electron chi connectivity index (χ1n) is 5.04. The van der Waals surface area contributed by atoms with Crippen LogP contribution in [0.1, 0.15) is 12.5 Å². The smallest absolute Gasteiger partial charge is 0.223 e. The average Bonchev–Trinajstić information content (AvgIpc) is 2.69. The van der Waals surface area contributed by atoms with Crippen LogP contribution < -0.4 is 11.1 Å². The van der Waals surface area contributed by atoms with E-state index in [4.69, 9.17) is 5.73 Å². The first-order valence-corrected chi connectivity index (χ1v) is 5.85. The van der Waals surface area contributed by atoms with E-state index in [1.165, 1.54) is 18.3 Å². The van der Waals surface area contributed by atoms with Gasteiger partial charge in [-0.15, -0.1) is 10.2 Å². The van der Waals surface area contributed by atoms with Crippen LogP contribution in [0.4, 0.5) is 10.8 Å². The van der Waals surface area contributed by atoms with Gasteiger partial charge in [0, 0.05) is 18.2 Å². The van der Waals surface area contributed by atoms with Crippen LogP contribution in [0.15, 0.2) is 18.2 Å². The largest absolute Gasteiger partial charge is 0.399 e. The summed E-state index contributed by atoms with van der Waals surface area (Å²) >= 11 is 1.33. The van der Waals surface area contributed by atoms with Gasteiger partial charge < -0.3 is 11.1 Å². The summed E-state index contributed by atoms with van der Waals surface area (Å²) < 4.78 is 0. The van der Waals surface area contributed by atoms with Crippen LogP contribution in [0.5, 0.6) is 0 Å². The number of anilines is 2. The number of nitrogens with one attached hydrogen (secondary N) is 1. The van der Waals surface area contributed by atoms with Crippen molar-refractivity contribution < 1.29 is 4.79 Å². The third kappa shape index (κ3) is 2.59. The van der Waals surface area contributed by atoms with Gasteiger partial charge in [0.25, 0.3) is 0 Å². The summed E-state index contributed by atoms with van der Waals surface area (Å²) in [7, 11) is 0. The monoisotopic (exact) mass is 248 g/mol. The second-order valence-corrected chi connectivity index (χ2v) is 4.65. The van der Waals surface area contributed by atoms with Gasteiger partial charge in [-0.3, -0.25) is 4.79 Å². The van der Waals surface area contributed by atoms with Crippen molar-refractivity contribution in [3.8, 4) is 10.6 Å². The third-order valence-electron chi connectivity index (χ3n) is 2.20. The highest BCUT2D eigenvalue weighted by Crippen LogP contribution is 2.30. The van der Waals surface area contributed by atoms with E-state index in [1.54, 1.807) is 0 Å². The Balaban J connectivity index is 2.36. The number of carbonyl (C=O) groups is 1. The van der Waals surface area contributed by atoms with Gasteiger partial charge in [-0.2, -0.15) is 0 Å². The number of hydrogen-bond acceptors (Lipinski definition) is 5. The minimum absolute atomic E-state index is 0.156. The Morgan fingerprint density at radius 2 is 2.18 bits per heavy atom. The zero-order chi connectivity index (χ0) is 12.4. The summed E-state index contributed by atoms with van der Waals surface area (Å²) in [4.78, 5) is 10.9. The highest BCUT2D eigenvalue weighted by molar-refractivity contribution is 7.18. The number of benzene rings is 1. The maximum atomic E-state index is 10.9. The molecule has 0 aliphatic heterocycles. The fourth-order valence-electron chi connectivity index (χ4n) is 1.40. The van der Waals surface area contributed by atoms with Crippen LogP contribution in [0, 0.1) is 6.92 Å². The fourth-order valence-corrected chi connectivity index (χ4v) is 2.27. The summed E-state index contributed by atoms with van der Waals surface area (Å²) in [6.45, 7) is 3.42. The number of nitrogens with zero attached hydrogens (tertiary/aromatic N) is 2. The van der Waals surface area contributed by atoms with Crippen molar-refractivity contribution in [2.75, 3.05) is 11.1 Å². The Hall–Kier alpha value is -1.95. The Labute approximate surface area is 103 Å². The Morgan fingerprint density at radius 3 is 2.88 bits per heavy atom. The molecule has 88 valence electrons. The molecular formula is C11H12N4OS. The van der Waals surface area contributed by atoms with Crippen LogP contribution in [-0.4, -0.2) is 16.1 Å². The molecule has 0 aliphatic rings. The second kappa shape index (κ2) is 4.50. The molecule has 0 bridgehead atoms. The van der Waals surface area contributed by atoms with Crippen molar-refractivity contribution in [1.29, 1.82) is 0 Å². The quantitative estimate of drug-likeness (QED) is 0.797. The molecule has 2 rings (SSSR count). The van der Waals surface area contributed by atoms with E-state index in [2.05, 4.69) is 15.5 Å². The molecule has 0 aliphatic carbocycles. The lowest BCUT2D eigenvalue weighted by Gasteiger charge is -2.02. The van der Waals surface area contributed by atoms with E-state index < -0.39 is 0 Å². The number of hydrogen-bond donors (Lipinski definition) is 2. The van der Waals surface area contributed by atoms with Crippen molar-refractivity contribution in [2.45, 2.75) is 13.8 Å². The molecule has 6 heteroatoms. The van der Waals surface area contributed by atoms with Crippen LogP contribution in [0.25, 0.3) is 10.6 Å². The van der Waals surface area contributed by atoms with E-state index in [1.807, 2.05) is 25.1 Å². The van der Waals surface area contributed by atoms with E-state index >= 15 is 0 Å². The second-order valence-electron chi connectivity index (χ2n) is 3.67. The molecule has 1 aromatic carbocycles. The molecule has 3 N–H and O–H groups in total. The lowest BCUT2D eigenvalue weighted by Crippen LogP contribution is -2.04. The van der Waals surface area contributed by atoms with E-state index in [-0.39, 0.29) is 5.91 Å². The molecular weight excluding hydrogens is 236 g/mol. The predicted octanol–water partition coefficient (Wildman–Crippen LogP) is 2.05. The van der Waals surface area contributed by atoms with Crippen LogP contribution in [-0.2, 0) is 4.79 Å². The highest BCUT2D eigenvalue weighted by Gasteiger charge is 2.10. The van der Waals surface area contributed by atoms with Gasteiger partial charge in [-0.25, -0.2) is 0 Å². The molecule has 0 atom stereocenters. The number of rotatable bonds is 2. The average molecular weight is 248 g/mol. The van der Waals surface area contributed by atoms with Crippen LogP contribution in [0.3, 0.4) is 0 Å². The fraction of sp³-hybridized carbons (Fsp3) is 0.182. The number of aromatic nitrogens is 2. The van der Waals surface area contributed by atoms with Gasteiger partial charge in [0.2, 0.25) is 11.0 Å². The van der Waals surface area contributed by atoms with Crippen LogP contribution >= 0.6 is 11.3 Å². The molecule has 0 saturated heterocycles. The number of nitrogen functional groups attached to an aromatic ring is 1. The van der Waals surface area contributed by atoms with Gasteiger partial charge in [0.1, 0.15) is 5.01 Å². The van der Waals surface area contributed by atoms with Crippen molar-refractivity contribution >= 4 is 28.1 Å². The van der Waals surface area contributed by atoms with Gasteiger partial charge in [-0.1, -0.05) is 17.4 Å². The highest BCUT2D eigenvalue weighted by atomic mass is 32.1. The molecule has 0 spiro atoms. The predicted molar refractivity (Wildman–Crippen MR) is 68.8 cm³/mol. The minimum atomic E-state index is -0.156. The zero-order valence-corrected chi connectivity index (χ0v) is 10.3. The summed E-state index contributed by atoms with van der Waals surface area (Å²) in [5.74, 6) is -0.156. The molecule has 1 aromatic heterocycles. The van der Waals surface area contributed by atoms with E-state index in [0.29, 0.717) is 10.8 Å². The van der Waals surface area contributed by atoms with E-state index in [9.17, 15) is 4.79 Å². The minimum Gasteiger partial charge on any atom is -0.399 e. The summed E-state index contributed by atoms with van der Waals surface area (Å²) in [6.07, 6.45) is 0. The molecule has 1 heterocycles. The molecule has 0 fully saturated rings. The number of amides is 1. The van der Waals surface area contributed by atoms with Gasteiger partial charge in [-0.05, 0) is 24.6 Å². The third-order valence-corrected chi connectivity index (χ3v) is 3.07. The van der Waals surface area contributed by atoms with Gasteiger partial charge in [0.15, 0.2) is 0 Å².